The largest absolute Gasteiger partial charge is 0.466 e. The quantitative estimate of drug-likeness (QED) is 0.386. The summed E-state index contributed by atoms with van der Waals surface area (Å²) in [6.07, 6.45) is 1.42. The van der Waals surface area contributed by atoms with E-state index in [1.165, 1.54) is 23.6 Å². The second-order valence-corrected chi connectivity index (χ2v) is 6.33. The molecule has 1 heterocycles. The number of hydrogen-bond donors (Lipinski definition) is 1. The van der Waals surface area contributed by atoms with E-state index >= 15 is 0 Å². The van der Waals surface area contributed by atoms with E-state index in [4.69, 9.17) is 4.74 Å². The predicted octanol–water partition coefficient (Wildman–Crippen LogP) is 4.06. The Kier molecular flexibility index (Phi) is 7.26. The van der Waals surface area contributed by atoms with E-state index < -0.39 is 6.61 Å². The van der Waals surface area contributed by atoms with Crippen molar-refractivity contribution in [2.24, 2.45) is 5.10 Å². The molecule has 134 valence electrons. The Hall–Kier alpha value is -2.07. The van der Waals surface area contributed by atoms with Crippen LogP contribution in [0.25, 0.3) is 0 Å². The summed E-state index contributed by atoms with van der Waals surface area (Å²) < 4.78 is 34.8. The summed E-state index contributed by atoms with van der Waals surface area (Å²) in [5.74, 6) is -0.350. The Morgan fingerprint density at radius 2 is 2.32 bits per heavy atom. The zero-order valence-electron chi connectivity index (χ0n) is 13.0. The highest BCUT2D eigenvalue weighted by Crippen LogP contribution is 2.23. The average Bonchev–Trinajstić information content (AvgIpc) is 2.97. The van der Waals surface area contributed by atoms with Crippen LogP contribution in [0.2, 0.25) is 0 Å². The number of nitrogens with one attached hydrogen (secondary N) is 1. The number of carbonyl (C=O) groups excluding carboxylic acids is 1. The highest BCUT2D eigenvalue weighted by atomic mass is 79.9. The number of nitrogens with zero attached hydrogens (tertiary/aromatic N) is 2. The number of alkyl halides is 2. The first-order chi connectivity index (χ1) is 12.0. The molecule has 1 aromatic heterocycles. The zero-order valence-corrected chi connectivity index (χ0v) is 15.4. The molecule has 0 unspecified atom stereocenters. The van der Waals surface area contributed by atoms with Gasteiger partial charge in [0, 0.05) is 15.4 Å². The maximum Gasteiger partial charge on any atom is 0.387 e. The topological polar surface area (TPSA) is 72.8 Å². The van der Waals surface area contributed by atoms with Crippen LogP contribution in [0.3, 0.4) is 0 Å². The van der Waals surface area contributed by atoms with Crippen LogP contribution in [0.4, 0.5) is 13.9 Å². The van der Waals surface area contributed by atoms with E-state index in [1.54, 1.807) is 24.4 Å². The molecule has 0 saturated carbocycles. The number of rotatable bonds is 8. The fraction of sp³-hybridized carbons (Fsp3) is 0.267. The van der Waals surface area contributed by atoms with Gasteiger partial charge in [-0.05, 0) is 25.1 Å². The summed E-state index contributed by atoms with van der Waals surface area (Å²) in [7, 11) is 0. The van der Waals surface area contributed by atoms with Crippen LogP contribution in [-0.4, -0.2) is 30.4 Å². The van der Waals surface area contributed by atoms with Gasteiger partial charge in [0.05, 0.1) is 24.9 Å². The minimum absolute atomic E-state index is 0.00545. The maximum absolute atomic E-state index is 12.4. The summed E-state index contributed by atoms with van der Waals surface area (Å²) in [6, 6.07) is 4.60. The molecular weight excluding hydrogens is 420 g/mol. The van der Waals surface area contributed by atoms with Crippen molar-refractivity contribution >= 4 is 44.6 Å². The van der Waals surface area contributed by atoms with Crippen LogP contribution in [0.15, 0.2) is 33.2 Å². The molecule has 0 saturated heterocycles. The summed E-state index contributed by atoms with van der Waals surface area (Å²) in [5.41, 5.74) is 3.61. The van der Waals surface area contributed by atoms with Crippen LogP contribution in [-0.2, 0) is 16.0 Å². The molecule has 0 atom stereocenters. The average molecular weight is 434 g/mol. The van der Waals surface area contributed by atoms with Crippen LogP contribution in [0, 0.1) is 0 Å². The highest BCUT2D eigenvalue weighted by Gasteiger charge is 2.10. The van der Waals surface area contributed by atoms with Gasteiger partial charge in [0.15, 0.2) is 0 Å². The summed E-state index contributed by atoms with van der Waals surface area (Å²) in [4.78, 5) is 15.6. The normalized spacial score (nSPS) is 11.1. The third-order valence-electron chi connectivity index (χ3n) is 2.73. The lowest BCUT2D eigenvalue weighted by Crippen LogP contribution is -2.07. The van der Waals surface area contributed by atoms with Gasteiger partial charge in [-0.25, -0.2) is 4.98 Å². The smallest absolute Gasteiger partial charge is 0.387 e. The Morgan fingerprint density at radius 3 is 3.04 bits per heavy atom. The number of anilines is 1. The maximum atomic E-state index is 12.4. The third kappa shape index (κ3) is 6.39. The molecule has 25 heavy (non-hydrogen) atoms. The molecule has 2 aromatic rings. The highest BCUT2D eigenvalue weighted by molar-refractivity contribution is 9.10. The van der Waals surface area contributed by atoms with Gasteiger partial charge in [-0.2, -0.15) is 13.9 Å². The van der Waals surface area contributed by atoms with Crippen LogP contribution in [0.1, 0.15) is 18.2 Å². The number of benzene rings is 1. The molecule has 0 aliphatic heterocycles. The molecule has 0 aliphatic carbocycles. The number of ether oxygens (including phenoxy) is 2. The van der Waals surface area contributed by atoms with Crippen molar-refractivity contribution in [3.63, 3.8) is 0 Å². The van der Waals surface area contributed by atoms with Gasteiger partial charge in [0.2, 0.25) is 5.13 Å². The molecule has 0 radical (unpaired) electrons. The van der Waals surface area contributed by atoms with Gasteiger partial charge in [0.25, 0.3) is 0 Å². The van der Waals surface area contributed by atoms with E-state index in [-0.39, 0.29) is 18.1 Å². The van der Waals surface area contributed by atoms with Crippen molar-refractivity contribution in [1.29, 1.82) is 0 Å². The summed E-state index contributed by atoms with van der Waals surface area (Å²) >= 11 is 4.52. The Morgan fingerprint density at radius 1 is 1.52 bits per heavy atom. The molecular formula is C15H14BrF2N3O3S. The van der Waals surface area contributed by atoms with Gasteiger partial charge < -0.3 is 9.47 Å². The second kappa shape index (κ2) is 9.42. The van der Waals surface area contributed by atoms with Gasteiger partial charge in [-0.15, -0.1) is 11.3 Å². The molecule has 6 nitrogen and oxygen atoms in total. The van der Waals surface area contributed by atoms with E-state index in [0.29, 0.717) is 27.5 Å². The molecule has 1 aromatic carbocycles. The minimum atomic E-state index is -2.93. The fourth-order valence-corrected chi connectivity index (χ4v) is 2.82. The third-order valence-corrected chi connectivity index (χ3v) is 4.02. The van der Waals surface area contributed by atoms with E-state index in [2.05, 4.69) is 36.2 Å². The van der Waals surface area contributed by atoms with Crippen LogP contribution < -0.4 is 10.2 Å². The van der Waals surface area contributed by atoms with Crippen molar-refractivity contribution in [2.75, 3.05) is 12.0 Å². The van der Waals surface area contributed by atoms with E-state index in [1.807, 2.05) is 0 Å². The molecule has 0 amide bonds. The molecule has 0 aliphatic rings. The monoisotopic (exact) mass is 433 g/mol. The second-order valence-electron chi connectivity index (χ2n) is 4.56. The Balaban J connectivity index is 2.00. The number of aromatic nitrogens is 1. The molecule has 0 bridgehead atoms. The lowest BCUT2D eigenvalue weighted by molar-refractivity contribution is -0.142. The number of thiazole rings is 1. The number of hydrogen-bond acceptors (Lipinski definition) is 7. The predicted molar refractivity (Wildman–Crippen MR) is 94.4 cm³/mol. The van der Waals surface area contributed by atoms with Gasteiger partial charge >= 0.3 is 12.6 Å². The first kappa shape index (κ1) is 19.3. The van der Waals surface area contributed by atoms with E-state index in [0.717, 1.165) is 0 Å². The molecule has 2 rings (SSSR count). The molecule has 1 N–H and O–H groups in total. The Bertz CT molecular complexity index is 755. The SMILES string of the molecule is CCOC(=O)Cc1csc(NN=Cc2cc(Br)ccc2OC(F)F)n1. The number of halogens is 3. The lowest BCUT2D eigenvalue weighted by atomic mass is 10.2. The number of hydrazone groups is 1. The first-order valence-electron chi connectivity index (χ1n) is 7.11. The molecule has 10 heteroatoms. The molecule has 0 spiro atoms. The van der Waals surface area contributed by atoms with E-state index in [9.17, 15) is 13.6 Å². The van der Waals surface area contributed by atoms with Crippen molar-refractivity contribution in [3.8, 4) is 5.75 Å². The summed E-state index contributed by atoms with van der Waals surface area (Å²) in [6.45, 7) is -0.881. The standard InChI is InChI=1S/C15H14BrF2N3O3S/c1-2-23-13(22)6-11-8-25-15(20-11)21-19-7-9-5-10(16)3-4-12(9)24-14(17)18/h3-5,7-8,14H,2,6H2,1H3,(H,20,21). The molecule has 0 fully saturated rings. The van der Waals surface area contributed by atoms with Crippen molar-refractivity contribution in [2.45, 2.75) is 20.0 Å². The number of carbonyl (C=O) groups is 1. The zero-order chi connectivity index (χ0) is 18.2. The van der Waals surface area contributed by atoms with Crippen LogP contribution in [0.5, 0.6) is 5.75 Å². The minimum Gasteiger partial charge on any atom is -0.466 e. The fourth-order valence-electron chi connectivity index (χ4n) is 1.78. The van der Waals surface area contributed by atoms with Crippen molar-refractivity contribution < 1.29 is 23.0 Å². The van der Waals surface area contributed by atoms with Gasteiger partial charge in [0.1, 0.15) is 5.75 Å². The lowest BCUT2D eigenvalue weighted by Gasteiger charge is -2.07. The van der Waals surface area contributed by atoms with Gasteiger partial charge in [-0.1, -0.05) is 15.9 Å². The van der Waals surface area contributed by atoms with Gasteiger partial charge in [-0.3, -0.25) is 10.2 Å². The number of esters is 1. The Labute approximate surface area is 155 Å². The van der Waals surface area contributed by atoms with Crippen molar-refractivity contribution in [3.05, 3.63) is 39.3 Å². The van der Waals surface area contributed by atoms with Crippen molar-refractivity contribution in [1.82, 2.24) is 4.98 Å². The van der Waals surface area contributed by atoms with Crippen LogP contribution >= 0.6 is 27.3 Å². The summed E-state index contributed by atoms with van der Waals surface area (Å²) in [5, 5.41) is 6.13. The first-order valence-corrected chi connectivity index (χ1v) is 8.78.